The molecule has 15 heavy (non-hydrogen) atoms. The van der Waals surface area contributed by atoms with Gasteiger partial charge in [0.05, 0.1) is 0 Å². The number of hydrogen-bond donors (Lipinski definition) is 1. The fourth-order valence-electron chi connectivity index (χ4n) is 2.16. The van der Waals surface area contributed by atoms with Crippen LogP contribution in [0.4, 0.5) is 0 Å². The van der Waals surface area contributed by atoms with E-state index in [4.69, 9.17) is 5.73 Å². The van der Waals surface area contributed by atoms with E-state index in [2.05, 4.69) is 0 Å². The van der Waals surface area contributed by atoms with Crippen molar-refractivity contribution in [3.05, 3.63) is 0 Å². The minimum atomic E-state index is -0.390. The molecule has 2 fully saturated rings. The average molecular weight is 211 g/mol. The standard InChI is InChI=1S/C10H17N3O2/c1-7(13-6-8(11)10(13)15)9(14)12-4-2-3-5-12/h7-8H,2-6,11H2,1H3. The topological polar surface area (TPSA) is 66.6 Å². The van der Waals surface area contributed by atoms with Crippen LogP contribution in [0.2, 0.25) is 0 Å². The fraction of sp³-hybridized carbons (Fsp3) is 0.800. The molecule has 0 saturated carbocycles. The third kappa shape index (κ3) is 1.71. The maximum atomic E-state index is 11.9. The second-order valence-corrected chi connectivity index (χ2v) is 4.31. The summed E-state index contributed by atoms with van der Waals surface area (Å²) in [5, 5.41) is 0. The Morgan fingerprint density at radius 3 is 2.53 bits per heavy atom. The lowest BCUT2D eigenvalue weighted by atomic mass is 10.1. The third-order valence-electron chi connectivity index (χ3n) is 3.24. The Morgan fingerprint density at radius 2 is 2.07 bits per heavy atom. The molecule has 2 heterocycles. The van der Waals surface area contributed by atoms with Crippen LogP contribution >= 0.6 is 0 Å². The van der Waals surface area contributed by atoms with Gasteiger partial charge >= 0.3 is 0 Å². The molecule has 0 radical (unpaired) electrons. The molecular weight excluding hydrogens is 194 g/mol. The molecule has 2 saturated heterocycles. The molecular formula is C10H17N3O2. The zero-order valence-corrected chi connectivity index (χ0v) is 8.98. The Bertz CT molecular complexity index is 286. The maximum Gasteiger partial charge on any atom is 0.245 e. The van der Waals surface area contributed by atoms with Crippen molar-refractivity contribution in [1.29, 1.82) is 0 Å². The van der Waals surface area contributed by atoms with Crippen molar-refractivity contribution in [3.8, 4) is 0 Å². The van der Waals surface area contributed by atoms with Crippen LogP contribution in [0.25, 0.3) is 0 Å². The van der Waals surface area contributed by atoms with Crippen LogP contribution in [0.5, 0.6) is 0 Å². The molecule has 2 atom stereocenters. The third-order valence-corrected chi connectivity index (χ3v) is 3.24. The first-order valence-electron chi connectivity index (χ1n) is 5.46. The summed E-state index contributed by atoms with van der Waals surface area (Å²) in [6.45, 7) is 3.96. The van der Waals surface area contributed by atoms with Crippen LogP contribution < -0.4 is 5.73 Å². The van der Waals surface area contributed by atoms with Gasteiger partial charge in [0.2, 0.25) is 11.8 Å². The van der Waals surface area contributed by atoms with Crippen molar-refractivity contribution in [1.82, 2.24) is 9.80 Å². The van der Waals surface area contributed by atoms with Gasteiger partial charge in [0.1, 0.15) is 12.1 Å². The zero-order valence-electron chi connectivity index (χ0n) is 8.98. The minimum Gasteiger partial charge on any atom is -0.341 e. The highest BCUT2D eigenvalue weighted by Crippen LogP contribution is 2.17. The molecule has 2 aliphatic heterocycles. The van der Waals surface area contributed by atoms with E-state index in [0.717, 1.165) is 25.9 Å². The van der Waals surface area contributed by atoms with Gasteiger partial charge in [-0.2, -0.15) is 0 Å². The first-order chi connectivity index (χ1) is 7.11. The molecule has 0 spiro atoms. The van der Waals surface area contributed by atoms with Crippen molar-refractivity contribution in [2.24, 2.45) is 5.73 Å². The van der Waals surface area contributed by atoms with Crippen LogP contribution in [0, 0.1) is 0 Å². The highest BCUT2D eigenvalue weighted by molar-refractivity contribution is 5.93. The Hall–Kier alpha value is -1.10. The quantitative estimate of drug-likeness (QED) is 0.606. The number of hydrogen-bond acceptors (Lipinski definition) is 3. The van der Waals surface area contributed by atoms with Gasteiger partial charge in [0.15, 0.2) is 0 Å². The summed E-state index contributed by atoms with van der Waals surface area (Å²) in [7, 11) is 0. The van der Waals surface area contributed by atoms with Gasteiger partial charge in [-0.25, -0.2) is 0 Å². The van der Waals surface area contributed by atoms with Crippen LogP contribution in [0.15, 0.2) is 0 Å². The molecule has 2 rings (SSSR count). The van der Waals surface area contributed by atoms with E-state index in [9.17, 15) is 9.59 Å². The SMILES string of the molecule is CC(C(=O)N1CCCC1)N1CC(N)C1=O. The average Bonchev–Trinajstić information content (AvgIpc) is 2.76. The van der Waals surface area contributed by atoms with Crippen molar-refractivity contribution in [2.75, 3.05) is 19.6 Å². The molecule has 84 valence electrons. The summed E-state index contributed by atoms with van der Waals surface area (Å²) < 4.78 is 0. The molecule has 2 unspecified atom stereocenters. The van der Waals surface area contributed by atoms with Crippen molar-refractivity contribution >= 4 is 11.8 Å². The predicted molar refractivity (Wildman–Crippen MR) is 55.0 cm³/mol. The molecule has 0 aliphatic carbocycles. The van der Waals surface area contributed by atoms with Crippen LogP contribution in [-0.2, 0) is 9.59 Å². The number of nitrogens with two attached hydrogens (primary N) is 1. The second kappa shape index (κ2) is 3.81. The first kappa shape index (κ1) is 10.4. The summed E-state index contributed by atoms with van der Waals surface area (Å²) in [5.74, 6) is -0.0391. The number of likely N-dealkylation sites (tertiary alicyclic amines) is 2. The first-order valence-corrected chi connectivity index (χ1v) is 5.46. The van der Waals surface area contributed by atoms with E-state index >= 15 is 0 Å². The largest absolute Gasteiger partial charge is 0.341 e. The Balaban J connectivity index is 1.93. The summed E-state index contributed by atoms with van der Waals surface area (Å²) in [5.41, 5.74) is 5.49. The van der Waals surface area contributed by atoms with Gasteiger partial charge in [-0.1, -0.05) is 0 Å². The zero-order chi connectivity index (χ0) is 11.0. The lowest BCUT2D eigenvalue weighted by molar-refractivity contribution is -0.153. The van der Waals surface area contributed by atoms with Gasteiger partial charge in [0, 0.05) is 19.6 Å². The van der Waals surface area contributed by atoms with Crippen LogP contribution in [0.1, 0.15) is 19.8 Å². The van der Waals surface area contributed by atoms with Crippen molar-refractivity contribution in [3.63, 3.8) is 0 Å². The van der Waals surface area contributed by atoms with Gasteiger partial charge in [-0.15, -0.1) is 0 Å². The molecule has 2 N–H and O–H groups in total. The Kier molecular flexibility index (Phi) is 2.65. The fourth-order valence-corrected chi connectivity index (χ4v) is 2.16. The monoisotopic (exact) mass is 211 g/mol. The summed E-state index contributed by atoms with van der Waals surface area (Å²) in [4.78, 5) is 26.7. The van der Waals surface area contributed by atoms with Crippen LogP contribution in [-0.4, -0.2) is 53.3 Å². The minimum absolute atomic E-state index is 0.0627. The van der Waals surface area contributed by atoms with Gasteiger partial charge in [0.25, 0.3) is 0 Å². The van der Waals surface area contributed by atoms with Gasteiger partial charge in [-0.05, 0) is 19.8 Å². The number of carbonyl (C=O) groups excluding carboxylic acids is 2. The van der Waals surface area contributed by atoms with Gasteiger partial charge in [-0.3, -0.25) is 9.59 Å². The summed E-state index contributed by atoms with van der Waals surface area (Å²) in [6, 6.07) is -0.728. The molecule has 0 aromatic rings. The molecule has 0 bridgehead atoms. The van der Waals surface area contributed by atoms with E-state index in [1.165, 1.54) is 0 Å². The number of rotatable bonds is 2. The summed E-state index contributed by atoms with van der Waals surface area (Å²) >= 11 is 0. The maximum absolute atomic E-state index is 11.9. The second-order valence-electron chi connectivity index (χ2n) is 4.31. The molecule has 2 amide bonds. The number of carbonyl (C=O) groups is 2. The summed E-state index contributed by atoms with van der Waals surface area (Å²) in [6.07, 6.45) is 2.15. The highest BCUT2D eigenvalue weighted by Gasteiger charge is 2.40. The normalized spacial score (nSPS) is 27.9. The lowest BCUT2D eigenvalue weighted by Gasteiger charge is -2.40. The van der Waals surface area contributed by atoms with E-state index < -0.39 is 0 Å². The smallest absolute Gasteiger partial charge is 0.245 e. The number of amides is 2. The predicted octanol–water partition coefficient (Wildman–Crippen LogP) is -0.833. The van der Waals surface area contributed by atoms with E-state index in [1.807, 2.05) is 4.90 Å². The Morgan fingerprint density at radius 1 is 1.47 bits per heavy atom. The molecule has 0 aromatic heterocycles. The van der Waals surface area contributed by atoms with Crippen molar-refractivity contribution in [2.45, 2.75) is 31.8 Å². The van der Waals surface area contributed by atoms with E-state index in [0.29, 0.717) is 6.54 Å². The van der Waals surface area contributed by atoms with Gasteiger partial charge < -0.3 is 15.5 Å². The van der Waals surface area contributed by atoms with E-state index in [1.54, 1.807) is 11.8 Å². The molecule has 5 nitrogen and oxygen atoms in total. The van der Waals surface area contributed by atoms with Crippen molar-refractivity contribution < 1.29 is 9.59 Å². The van der Waals surface area contributed by atoms with Crippen LogP contribution in [0.3, 0.4) is 0 Å². The molecule has 5 heteroatoms. The molecule has 0 aromatic carbocycles. The number of nitrogens with zero attached hydrogens (tertiary/aromatic N) is 2. The lowest BCUT2D eigenvalue weighted by Crippen LogP contribution is -2.66. The highest BCUT2D eigenvalue weighted by atomic mass is 16.2. The molecule has 2 aliphatic rings. The van der Waals surface area contributed by atoms with E-state index in [-0.39, 0.29) is 23.9 Å². The number of β-lactam (4-membered cyclic amide) rings is 1. The Labute approximate surface area is 89.2 Å².